The molecule has 1 saturated carbocycles. The van der Waals surface area contributed by atoms with Gasteiger partial charge >= 0.3 is 0 Å². The molecule has 1 aliphatic carbocycles. The summed E-state index contributed by atoms with van der Waals surface area (Å²) in [6.07, 6.45) is 5.56. The van der Waals surface area contributed by atoms with Crippen LogP contribution >= 0.6 is 39.1 Å². The van der Waals surface area contributed by atoms with Crippen molar-refractivity contribution in [3.8, 4) is 0 Å². The molecule has 2 heterocycles. The number of amides is 2. The molecular formula is C20H18BrCl2N5O2. The van der Waals surface area contributed by atoms with Gasteiger partial charge in [-0.1, -0.05) is 23.2 Å². The van der Waals surface area contributed by atoms with Crippen LogP contribution in [0.5, 0.6) is 0 Å². The molecule has 1 aliphatic heterocycles. The predicted molar refractivity (Wildman–Crippen MR) is 122 cm³/mol. The molecule has 0 spiro atoms. The highest BCUT2D eigenvalue weighted by Gasteiger charge is 2.34. The van der Waals surface area contributed by atoms with Gasteiger partial charge in [0.15, 0.2) is 5.82 Å². The lowest BCUT2D eigenvalue weighted by Crippen LogP contribution is -2.39. The van der Waals surface area contributed by atoms with E-state index in [2.05, 4.69) is 31.3 Å². The smallest absolute Gasteiger partial charge is 0.256 e. The quantitative estimate of drug-likeness (QED) is 0.638. The van der Waals surface area contributed by atoms with Gasteiger partial charge in [0.1, 0.15) is 6.04 Å². The maximum atomic E-state index is 13.2. The summed E-state index contributed by atoms with van der Waals surface area (Å²) in [5.74, 6) is -0.128. The lowest BCUT2D eigenvalue weighted by atomic mass is 10.1. The number of hydrogen-bond acceptors (Lipinski definition) is 5. The number of carbonyl (C=O) groups is 2. The van der Waals surface area contributed by atoms with Gasteiger partial charge in [0.05, 0.1) is 16.3 Å². The maximum absolute atomic E-state index is 13.2. The molecule has 2 amide bonds. The molecule has 1 unspecified atom stereocenters. The monoisotopic (exact) mass is 509 g/mol. The number of pyridine rings is 1. The molecule has 1 aromatic carbocycles. The summed E-state index contributed by atoms with van der Waals surface area (Å²) in [5, 5.41) is 9.41. The molecule has 0 saturated heterocycles. The van der Waals surface area contributed by atoms with Crippen LogP contribution in [0.4, 0.5) is 11.5 Å². The molecular weight excluding hydrogens is 493 g/mol. The first-order valence-electron chi connectivity index (χ1n) is 9.36. The molecule has 156 valence electrons. The van der Waals surface area contributed by atoms with E-state index in [4.69, 9.17) is 23.2 Å². The molecule has 1 aromatic heterocycles. The number of hydrogen-bond donors (Lipinski definition) is 1. The SMILES string of the molecule is CN(C(=O)c1cc(Cl)cc(Br)c1NC(=O)C1CC=NN1c1ncccc1Cl)C1CC1. The summed E-state index contributed by atoms with van der Waals surface area (Å²) in [5.41, 5.74) is 0.708. The molecule has 0 radical (unpaired) electrons. The molecule has 1 N–H and O–H groups in total. The third kappa shape index (κ3) is 4.17. The van der Waals surface area contributed by atoms with E-state index in [1.54, 1.807) is 48.6 Å². The van der Waals surface area contributed by atoms with E-state index in [0.717, 1.165) is 12.8 Å². The first kappa shape index (κ1) is 21.1. The normalized spacial score (nSPS) is 17.9. The van der Waals surface area contributed by atoms with Crippen molar-refractivity contribution >= 4 is 68.7 Å². The Balaban J connectivity index is 1.61. The number of halogens is 3. The minimum Gasteiger partial charge on any atom is -0.339 e. The Morgan fingerprint density at radius 3 is 2.77 bits per heavy atom. The van der Waals surface area contributed by atoms with Crippen molar-refractivity contribution in [2.45, 2.75) is 31.3 Å². The fraction of sp³-hybridized carbons (Fsp3) is 0.300. The van der Waals surface area contributed by atoms with E-state index in [1.807, 2.05) is 0 Å². The number of hydrazone groups is 1. The average Bonchev–Trinajstić information content (AvgIpc) is 3.45. The molecule has 4 rings (SSSR count). The second-order valence-electron chi connectivity index (χ2n) is 7.15. The Morgan fingerprint density at radius 1 is 1.30 bits per heavy atom. The Bertz CT molecular complexity index is 1040. The first-order valence-corrected chi connectivity index (χ1v) is 10.9. The zero-order chi connectivity index (χ0) is 21.4. The summed E-state index contributed by atoms with van der Waals surface area (Å²) in [7, 11) is 1.76. The van der Waals surface area contributed by atoms with Crippen LogP contribution in [-0.4, -0.2) is 47.0 Å². The third-order valence-electron chi connectivity index (χ3n) is 5.04. The number of nitrogens with zero attached hydrogens (tertiary/aromatic N) is 4. The van der Waals surface area contributed by atoms with E-state index < -0.39 is 6.04 Å². The predicted octanol–water partition coefficient (Wildman–Crippen LogP) is 4.59. The van der Waals surface area contributed by atoms with Crippen LogP contribution in [0.1, 0.15) is 29.6 Å². The van der Waals surface area contributed by atoms with Gasteiger partial charge in [0.25, 0.3) is 5.91 Å². The van der Waals surface area contributed by atoms with Gasteiger partial charge in [-0.05, 0) is 53.0 Å². The van der Waals surface area contributed by atoms with Crippen LogP contribution in [-0.2, 0) is 4.79 Å². The summed E-state index contributed by atoms with van der Waals surface area (Å²) < 4.78 is 0.525. The second kappa shape index (κ2) is 8.53. The minimum absolute atomic E-state index is 0.191. The van der Waals surface area contributed by atoms with E-state index in [1.165, 1.54) is 5.01 Å². The van der Waals surface area contributed by atoms with Crippen LogP contribution in [0.15, 0.2) is 40.0 Å². The molecule has 1 atom stereocenters. The van der Waals surface area contributed by atoms with Gasteiger partial charge in [-0.3, -0.25) is 9.59 Å². The second-order valence-corrected chi connectivity index (χ2v) is 8.85. The Kier molecular flexibility index (Phi) is 5.99. The van der Waals surface area contributed by atoms with E-state index >= 15 is 0 Å². The molecule has 30 heavy (non-hydrogen) atoms. The Morgan fingerprint density at radius 2 is 2.07 bits per heavy atom. The van der Waals surface area contributed by atoms with Crippen molar-refractivity contribution in [1.29, 1.82) is 0 Å². The topological polar surface area (TPSA) is 77.9 Å². The van der Waals surface area contributed by atoms with Crippen LogP contribution < -0.4 is 10.3 Å². The lowest BCUT2D eigenvalue weighted by Gasteiger charge is -2.24. The van der Waals surface area contributed by atoms with Crippen LogP contribution in [0.3, 0.4) is 0 Å². The van der Waals surface area contributed by atoms with Crippen LogP contribution in [0.2, 0.25) is 10.0 Å². The summed E-state index contributed by atoms with van der Waals surface area (Å²) in [6.45, 7) is 0. The van der Waals surface area contributed by atoms with Crippen LogP contribution in [0.25, 0.3) is 0 Å². The van der Waals surface area contributed by atoms with Gasteiger partial charge in [0, 0.05) is 41.4 Å². The van der Waals surface area contributed by atoms with E-state index in [9.17, 15) is 9.59 Å². The van der Waals surface area contributed by atoms with Crippen molar-refractivity contribution in [3.63, 3.8) is 0 Å². The molecule has 2 aliphatic rings. The third-order valence-corrected chi connectivity index (χ3v) is 6.18. The van der Waals surface area contributed by atoms with Gasteiger partial charge in [-0.2, -0.15) is 5.10 Å². The highest BCUT2D eigenvalue weighted by atomic mass is 79.9. The largest absolute Gasteiger partial charge is 0.339 e. The van der Waals surface area contributed by atoms with E-state index in [0.29, 0.717) is 38.0 Å². The number of benzene rings is 1. The van der Waals surface area contributed by atoms with Gasteiger partial charge in [-0.25, -0.2) is 9.99 Å². The summed E-state index contributed by atoms with van der Waals surface area (Å²) in [4.78, 5) is 32.1. The van der Waals surface area contributed by atoms with Crippen molar-refractivity contribution in [1.82, 2.24) is 9.88 Å². The fourth-order valence-electron chi connectivity index (χ4n) is 3.28. The van der Waals surface area contributed by atoms with Gasteiger partial charge in [0.2, 0.25) is 5.91 Å². The van der Waals surface area contributed by atoms with Gasteiger partial charge < -0.3 is 10.2 Å². The lowest BCUT2D eigenvalue weighted by molar-refractivity contribution is -0.117. The zero-order valence-electron chi connectivity index (χ0n) is 16.0. The molecule has 0 bridgehead atoms. The fourth-order valence-corrected chi connectivity index (χ4v) is 4.39. The number of nitrogens with one attached hydrogen (secondary N) is 1. The zero-order valence-corrected chi connectivity index (χ0v) is 19.1. The summed E-state index contributed by atoms with van der Waals surface area (Å²) in [6, 6.07) is 6.19. The number of anilines is 2. The van der Waals surface area contributed by atoms with Crippen molar-refractivity contribution in [2.24, 2.45) is 5.10 Å². The number of carbonyl (C=O) groups excluding carboxylic acids is 2. The van der Waals surface area contributed by atoms with Crippen molar-refractivity contribution in [2.75, 3.05) is 17.4 Å². The average molecular weight is 511 g/mol. The molecule has 7 nitrogen and oxygen atoms in total. The van der Waals surface area contributed by atoms with E-state index in [-0.39, 0.29) is 17.9 Å². The van der Waals surface area contributed by atoms with Gasteiger partial charge in [-0.15, -0.1) is 0 Å². The Labute approximate surface area is 192 Å². The number of aromatic nitrogens is 1. The molecule has 1 fully saturated rings. The van der Waals surface area contributed by atoms with Crippen molar-refractivity contribution < 1.29 is 9.59 Å². The highest BCUT2D eigenvalue weighted by molar-refractivity contribution is 9.10. The standard InChI is InChI=1S/C20H18BrCl2N5O2/c1-27(12-4-5-12)20(30)13-9-11(22)10-14(21)17(13)26-19(29)16-6-8-25-28(16)18-15(23)3-2-7-24-18/h2-3,7-10,12,16H,4-6H2,1H3,(H,26,29). The Hall–Kier alpha value is -2.16. The minimum atomic E-state index is -0.649. The number of rotatable bonds is 5. The molecule has 10 heteroatoms. The first-order chi connectivity index (χ1) is 14.4. The highest BCUT2D eigenvalue weighted by Crippen LogP contribution is 2.35. The maximum Gasteiger partial charge on any atom is 0.256 e. The van der Waals surface area contributed by atoms with Crippen molar-refractivity contribution in [3.05, 3.63) is 50.5 Å². The molecule has 2 aromatic rings. The van der Waals surface area contributed by atoms with Crippen LogP contribution in [0, 0.1) is 0 Å². The summed E-state index contributed by atoms with van der Waals surface area (Å²) >= 11 is 15.8.